The van der Waals surface area contributed by atoms with E-state index < -0.39 is 5.91 Å². The number of carbonyl (C=O) groups excluding carboxylic acids is 1. The minimum Gasteiger partial charge on any atom is -0.380 e. The summed E-state index contributed by atoms with van der Waals surface area (Å²) in [5, 5.41) is 3.41. The minimum atomic E-state index is -0.401. The second kappa shape index (κ2) is 6.09. The first-order valence-corrected chi connectivity index (χ1v) is 7.16. The van der Waals surface area contributed by atoms with E-state index >= 15 is 0 Å². The smallest absolute Gasteiger partial charge is 0.248 e. The molecular weight excluding hydrogens is 316 g/mol. The number of benzene rings is 2. The van der Waals surface area contributed by atoms with Crippen LogP contribution >= 0.6 is 15.9 Å². The highest BCUT2D eigenvalue weighted by Crippen LogP contribution is 2.28. The zero-order chi connectivity index (χ0) is 14.7. The number of anilines is 1. The normalized spacial score (nSPS) is 10.3. The van der Waals surface area contributed by atoms with Gasteiger partial charge >= 0.3 is 0 Å². The summed E-state index contributed by atoms with van der Waals surface area (Å²) in [6, 6.07) is 11.5. The highest BCUT2D eigenvalue weighted by Gasteiger charge is 2.05. The van der Waals surface area contributed by atoms with Gasteiger partial charge in [-0.1, -0.05) is 18.2 Å². The first kappa shape index (κ1) is 14.6. The lowest BCUT2D eigenvalue weighted by Crippen LogP contribution is -2.11. The summed E-state index contributed by atoms with van der Waals surface area (Å²) in [5.74, 6) is -0.401. The van der Waals surface area contributed by atoms with Crippen LogP contribution < -0.4 is 11.1 Å². The summed E-state index contributed by atoms with van der Waals surface area (Å²) in [5.41, 5.74) is 10.4. The molecule has 2 aromatic rings. The molecule has 0 aliphatic heterocycles. The van der Waals surface area contributed by atoms with Crippen LogP contribution in [0.15, 0.2) is 40.9 Å². The van der Waals surface area contributed by atoms with Crippen molar-refractivity contribution in [2.24, 2.45) is 5.73 Å². The maximum atomic E-state index is 11.0. The van der Waals surface area contributed by atoms with E-state index in [4.69, 9.17) is 5.73 Å². The lowest BCUT2D eigenvalue weighted by Gasteiger charge is -2.13. The summed E-state index contributed by atoms with van der Waals surface area (Å²) in [7, 11) is 0. The second-order valence-corrected chi connectivity index (χ2v) is 5.71. The Balaban J connectivity index is 2.11. The molecule has 0 aliphatic carbocycles. The molecule has 4 heteroatoms. The van der Waals surface area contributed by atoms with Gasteiger partial charge in [0.05, 0.1) is 5.69 Å². The Kier molecular flexibility index (Phi) is 4.45. The maximum Gasteiger partial charge on any atom is 0.248 e. The van der Waals surface area contributed by atoms with Crippen molar-refractivity contribution in [3.8, 4) is 0 Å². The zero-order valence-electron chi connectivity index (χ0n) is 11.5. The fourth-order valence-corrected chi connectivity index (χ4v) is 2.93. The Morgan fingerprint density at radius 3 is 2.40 bits per heavy atom. The predicted octanol–water partition coefficient (Wildman–Crippen LogP) is 3.78. The van der Waals surface area contributed by atoms with Gasteiger partial charge < -0.3 is 11.1 Å². The van der Waals surface area contributed by atoms with Crippen LogP contribution in [-0.4, -0.2) is 5.91 Å². The van der Waals surface area contributed by atoms with Gasteiger partial charge in [0.15, 0.2) is 0 Å². The largest absolute Gasteiger partial charge is 0.380 e. The van der Waals surface area contributed by atoms with Crippen molar-refractivity contribution in [2.75, 3.05) is 5.32 Å². The lowest BCUT2D eigenvalue weighted by atomic mass is 10.1. The number of aryl methyl sites for hydroxylation is 2. The lowest BCUT2D eigenvalue weighted by molar-refractivity contribution is 0.100. The van der Waals surface area contributed by atoms with E-state index in [9.17, 15) is 4.79 Å². The summed E-state index contributed by atoms with van der Waals surface area (Å²) in [6.07, 6.45) is 0. The van der Waals surface area contributed by atoms with Gasteiger partial charge in [-0.3, -0.25) is 4.79 Å². The van der Waals surface area contributed by atoms with Gasteiger partial charge in [0.25, 0.3) is 0 Å². The Morgan fingerprint density at radius 1 is 1.20 bits per heavy atom. The molecule has 104 valence electrons. The molecule has 0 aliphatic rings. The van der Waals surface area contributed by atoms with Crippen LogP contribution in [-0.2, 0) is 6.54 Å². The molecule has 0 bridgehead atoms. The summed E-state index contributed by atoms with van der Waals surface area (Å²) < 4.78 is 1.06. The molecule has 0 saturated heterocycles. The highest BCUT2D eigenvalue weighted by molar-refractivity contribution is 9.10. The van der Waals surface area contributed by atoms with Crippen molar-refractivity contribution >= 4 is 27.5 Å². The third-order valence-corrected chi connectivity index (χ3v) is 3.76. The first-order valence-electron chi connectivity index (χ1n) is 6.36. The predicted molar refractivity (Wildman–Crippen MR) is 85.9 cm³/mol. The van der Waals surface area contributed by atoms with E-state index in [1.165, 1.54) is 11.1 Å². The molecule has 0 radical (unpaired) electrons. The zero-order valence-corrected chi connectivity index (χ0v) is 13.1. The van der Waals surface area contributed by atoms with Crippen LogP contribution in [0.1, 0.15) is 27.0 Å². The molecule has 0 saturated carbocycles. The van der Waals surface area contributed by atoms with Crippen molar-refractivity contribution in [1.82, 2.24) is 0 Å². The van der Waals surface area contributed by atoms with Crippen LogP contribution in [0.3, 0.4) is 0 Å². The van der Waals surface area contributed by atoms with Gasteiger partial charge in [-0.2, -0.15) is 0 Å². The summed E-state index contributed by atoms with van der Waals surface area (Å²) in [4.78, 5) is 11.0. The van der Waals surface area contributed by atoms with Gasteiger partial charge in [0, 0.05) is 16.6 Å². The summed E-state index contributed by atoms with van der Waals surface area (Å²) >= 11 is 3.58. The standard InChI is InChI=1S/C16H17BrN2O/c1-10-7-11(2)15(14(17)8-10)19-9-12-3-5-13(6-4-12)16(18)20/h3-8,19H,9H2,1-2H3,(H2,18,20). The topological polar surface area (TPSA) is 55.1 Å². The number of primary amides is 1. The van der Waals surface area contributed by atoms with Crippen molar-refractivity contribution in [2.45, 2.75) is 20.4 Å². The number of nitrogens with one attached hydrogen (secondary N) is 1. The van der Waals surface area contributed by atoms with Gasteiger partial charge in [-0.25, -0.2) is 0 Å². The molecule has 20 heavy (non-hydrogen) atoms. The molecule has 0 unspecified atom stereocenters. The number of amides is 1. The molecule has 3 nitrogen and oxygen atoms in total. The number of hydrogen-bond acceptors (Lipinski definition) is 2. The van der Waals surface area contributed by atoms with E-state index in [0.29, 0.717) is 12.1 Å². The van der Waals surface area contributed by atoms with E-state index in [-0.39, 0.29) is 0 Å². The Labute approximate surface area is 127 Å². The van der Waals surface area contributed by atoms with E-state index in [0.717, 1.165) is 15.7 Å². The van der Waals surface area contributed by atoms with Gasteiger partial charge in [0.2, 0.25) is 5.91 Å². The average Bonchev–Trinajstić information content (AvgIpc) is 2.38. The molecule has 0 heterocycles. The van der Waals surface area contributed by atoms with Crippen LogP contribution in [0.2, 0.25) is 0 Å². The fourth-order valence-electron chi connectivity index (χ4n) is 2.12. The number of carbonyl (C=O) groups is 1. The van der Waals surface area contributed by atoms with E-state index in [2.05, 4.69) is 47.2 Å². The molecule has 2 aromatic carbocycles. The molecule has 2 rings (SSSR count). The fraction of sp³-hybridized carbons (Fsp3) is 0.188. The summed E-state index contributed by atoms with van der Waals surface area (Å²) in [6.45, 7) is 4.85. The van der Waals surface area contributed by atoms with Crippen molar-refractivity contribution < 1.29 is 4.79 Å². The third kappa shape index (κ3) is 3.39. The molecule has 1 amide bonds. The van der Waals surface area contributed by atoms with Gasteiger partial charge in [-0.15, -0.1) is 0 Å². The van der Waals surface area contributed by atoms with Crippen molar-refractivity contribution in [3.05, 3.63) is 63.1 Å². The van der Waals surface area contributed by atoms with Crippen molar-refractivity contribution in [3.63, 3.8) is 0 Å². The number of rotatable bonds is 4. The van der Waals surface area contributed by atoms with Gasteiger partial charge in [0.1, 0.15) is 0 Å². The Morgan fingerprint density at radius 2 is 1.85 bits per heavy atom. The monoisotopic (exact) mass is 332 g/mol. The Bertz CT molecular complexity index is 612. The molecule has 0 spiro atoms. The average molecular weight is 333 g/mol. The number of nitrogens with two attached hydrogens (primary N) is 1. The molecule has 3 N–H and O–H groups in total. The van der Waals surface area contributed by atoms with E-state index in [1.807, 2.05) is 12.1 Å². The SMILES string of the molecule is Cc1cc(C)c(NCc2ccc(C(N)=O)cc2)c(Br)c1. The molecular formula is C16H17BrN2O. The quantitative estimate of drug-likeness (QED) is 0.895. The van der Waals surface area contributed by atoms with E-state index in [1.54, 1.807) is 12.1 Å². The van der Waals surface area contributed by atoms with Crippen LogP contribution in [0, 0.1) is 13.8 Å². The molecule has 0 aromatic heterocycles. The maximum absolute atomic E-state index is 11.0. The Hall–Kier alpha value is -1.81. The van der Waals surface area contributed by atoms with Crippen LogP contribution in [0.25, 0.3) is 0 Å². The van der Waals surface area contributed by atoms with Crippen LogP contribution in [0.5, 0.6) is 0 Å². The number of halogens is 1. The first-order chi connectivity index (χ1) is 9.47. The highest BCUT2D eigenvalue weighted by atomic mass is 79.9. The second-order valence-electron chi connectivity index (χ2n) is 4.85. The van der Waals surface area contributed by atoms with Crippen molar-refractivity contribution in [1.29, 1.82) is 0 Å². The van der Waals surface area contributed by atoms with Crippen LogP contribution in [0.4, 0.5) is 5.69 Å². The minimum absolute atomic E-state index is 0.401. The molecule has 0 atom stereocenters. The number of hydrogen-bond donors (Lipinski definition) is 2. The van der Waals surface area contributed by atoms with Gasteiger partial charge in [-0.05, 0) is 64.7 Å². The third-order valence-electron chi connectivity index (χ3n) is 3.14. The molecule has 0 fully saturated rings.